The van der Waals surface area contributed by atoms with Crippen LogP contribution in [0.5, 0.6) is 0 Å². The zero-order valence-corrected chi connectivity index (χ0v) is 20.6. The van der Waals surface area contributed by atoms with Crippen LogP contribution in [-0.2, 0) is 14.9 Å². The topological polar surface area (TPSA) is 86.7 Å². The minimum Gasteiger partial charge on any atom is -0.321 e. The number of carbonyl (C=O) groups is 1. The first-order valence-electron chi connectivity index (χ1n) is 10.8. The monoisotopic (exact) mass is 532 g/mol. The Balaban J connectivity index is 0.000000165. The number of rotatable bonds is 4. The number of halogens is 1. The highest BCUT2D eigenvalue weighted by Gasteiger charge is 2.39. The number of piperazine rings is 3. The first-order valence-corrected chi connectivity index (χ1v) is 13.1. The van der Waals surface area contributed by atoms with Crippen molar-refractivity contribution in [2.75, 3.05) is 51.1 Å². The van der Waals surface area contributed by atoms with Gasteiger partial charge in [0.15, 0.2) is 6.54 Å². The largest absolute Gasteiger partial charge is 0.321 e. The third kappa shape index (κ3) is 6.18. The van der Waals surface area contributed by atoms with Crippen molar-refractivity contribution in [2.45, 2.75) is 4.90 Å². The highest BCUT2D eigenvalue weighted by Crippen LogP contribution is 2.20. The van der Waals surface area contributed by atoms with E-state index >= 15 is 0 Å². The van der Waals surface area contributed by atoms with Gasteiger partial charge in [-0.05, 0) is 47.2 Å². The maximum absolute atomic E-state index is 12.2. The molecule has 0 radical (unpaired) electrons. The predicted octanol–water partition coefficient (Wildman–Crippen LogP) is 3.62. The Bertz CT molecular complexity index is 1230. The molecule has 174 valence electrons. The number of nitrogens with one attached hydrogen (secondary N) is 1. The zero-order valence-electron chi connectivity index (χ0n) is 18.2. The van der Waals surface area contributed by atoms with Crippen LogP contribution in [0.3, 0.4) is 0 Å². The maximum atomic E-state index is 12.2. The molecule has 3 saturated heterocycles. The number of amides is 1. The average molecular weight is 533 g/mol. The summed E-state index contributed by atoms with van der Waals surface area (Å²) in [6.45, 7) is 7.40. The van der Waals surface area contributed by atoms with E-state index in [1.54, 1.807) is 12.1 Å². The lowest BCUT2D eigenvalue weighted by molar-refractivity contribution is -0.933. The van der Waals surface area contributed by atoms with E-state index < -0.39 is 10.1 Å². The van der Waals surface area contributed by atoms with Crippen LogP contribution < -0.4 is 5.32 Å². The van der Waals surface area contributed by atoms with Gasteiger partial charge in [-0.2, -0.15) is 8.42 Å². The van der Waals surface area contributed by atoms with Crippen LogP contribution in [0, 0.1) is 0 Å². The van der Waals surface area contributed by atoms with Gasteiger partial charge in [0.2, 0.25) is 0 Å². The molecule has 3 aliphatic heterocycles. The summed E-state index contributed by atoms with van der Waals surface area (Å²) in [5.74, 6) is 0.137. The number of hydrogen-bond donors (Lipinski definition) is 2. The lowest BCUT2D eigenvalue weighted by atomic mass is 10.1. The number of quaternary nitrogens is 1. The molecule has 2 bridgehead atoms. The van der Waals surface area contributed by atoms with Gasteiger partial charge >= 0.3 is 0 Å². The van der Waals surface area contributed by atoms with Crippen molar-refractivity contribution >= 4 is 48.4 Å². The van der Waals surface area contributed by atoms with Crippen LogP contribution in [0.25, 0.3) is 10.8 Å². The molecule has 3 aliphatic rings. The van der Waals surface area contributed by atoms with Gasteiger partial charge in [-0.25, -0.2) is 0 Å². The van der Waals surface area contributed by atoms with Gasteiger partial charge in [0, 0.05) is 29.8 Å². The van der Waals surface area contributed by atoms with E-state index in [2.05, 4.69) is 26.1 Å². The fraction of sp³-hybridized carbons (Fsp3) is 0.292. The predicted molar refractivity (Wildman–Crippen MR) is 133 cm³/mol. The van der Waals surface area contributed by atoms with Gasteiger partial charge in [0.05, 0.1) is 24.5 Å². The molecule has 6 rings (SSSR count). The second-order valence-corrected chi connectivity index (χ2v) is 10.9. The molecule has 0 aliphatic carbocycles. The van der Waals surface area contributed by atoms with Crippen molar-refractivity contribution in [2.24, 2.45) is 0 Å². The van der Waals surface area contributed by atoms with Crippen LogP contribution in [0.4, 0.5) is 5.69 Å². The Morgan fingerprint density at radius 1 is 0.939 bits per heavy atom. The normalized spacial score (nSPS) is 21.8. The smallest absolute Gasteiger partial charge is 0.294 e. The number of anilines is 1. The van der Waals surface area contributed by atoms with Gasteiger partial charge in [-0.3, -0.25) is 14.2 Å². The van der Waals surface area contributed by atoms with Crippen molar-refractivity contribution in [3.8, 4) is 0 Å². The minimum atomic E-state index is -4.09. The maximum Gasteiger partial charge on any atom is 0.294 e. The van der Waals surface area contributed by atoms with E-state index in [1.807, 2.05) is 42.5 Å². The Kier molecular flexibility index (Phi) is 7.16. The Morgan fingerprint density at radius 2 is 1.55 bits per heavy atom. The highest BCUT2D eigenvalue weighted by atomic mass is 79.9. The molecule has 3 aromatic carbocycles. The molecule has 33 heavy (non-hydrogen) atoms. The van der Waals surface area contributed by atoms with Gasteiger partial charge in [-0.15, -0.1) is 0 Å². The van der Waals surface area contributed by atoms with E-state index in [0.29, 0.717) is 6.54 Å². The molecule has 9 heteroatoms. The summed E-state index contributed by atoms with van der Waals surface area (Å²) in [5.41, 5.74) is 0.877. The first kappa shape index (κ1) is 23.8. The van der Waals surface area contributed by atoms with Crippen LogP contribution >= 0.6 is 15.9 Å². The van der Waals surface area contributed by atoms with Gasteiger partial charge in [0.1, 0.15) is 0 Å². The summed E-state index contributed by atoms with van der Waals surface area (Å²) >= 11 is 3.40. The molecule has 2 N–H and O–H groups in total. The van der Waals surface area contributed by atoms with E-state index in [4.69, 9.17) is 4.55 Å². The SMILES string of the molecule is O=C(C[N+]12CCN(CC1)CC2)Nc1ccc(Br)cc1.O=S(=O)(O)c1ccc2ccccc2c1. The summed E-state index contributed by atoms with van der Waals surface area (Å²) in [7, 11) is -4.09. The second kappa shape index (κ2) is 9.90. The molecule has 0 atom stereocenters. The summed E-state index contributed by atoms with van der Waals surface area (Å²) < 4.78 is 32.5. The zero-order chi connectivity index (χ0) is 23.5. The van der Waals surface area contributed by atoms with Crippen molar-refractivity contribution < 1.29 is 22.2 Å². The molecule has 1 amide bonds. The Labute approximate surface area is 202 Å². The quantitative estimate of drug-likeness (QED) is 0.395. The molecular weight excluding hydrogens is 506 g/mol. The van der Waals surface area contributed by atoms with Crippen LogP contribution in [-0.4, -0.2) is 74.1 Å². The summed E-state index contributed by atoms with van der Waals surface area (Å²) in [6.07, 6.45) is 0. The summed E-state index contributed by atoms with van der Waals surface area (Å²) in [5, 5.41) is 4.74. The van der Waals surface area contributed by atoms with Crippen molar-refractivity contribution in [3.63, 3.8) is 0 Å². The molecular formula is C24H27BrN3O4S+. The molecule has 3 aromatic rings. The molecule has 7 nitrogen and oxygen atoms in total. The second-order valence-electron chi connectivity index (χ2n) is 8.55. The van der Waals surface area contributed by atoms with Crippen LogP contribution in [0.1, 0.15) is 0 Å². The number of benzene rings is 3. The number of nitrogens with zero attached hydrogens (tertiary/aromatic N) is 2. The third-order valence-corrected chi connectivity index (χ3v) is 7.68. The lowest BCUT2D eigenvalue weighted by Gasteiger charge is -2.50. The molecule has 0 aromatic heterocycles. The van der Waals surface area contributed by atoms with E-state index in [-0.39, 0.29) is 10.8 Å². The van der Waals surface area contributed by atoms with Gasteiger partial charge < -0.3 is 9.80 Å². The van der Waals surface area contributed by atoms with Crippen molar-refractivity contribution in [1.29, 1.82) is 0 Å². The Morgan fingerprint density at radius 3 is 2.15 bits per heavy atom. The first-order chi connectivity index (χ1) is 15.7. The number of carbonyl (C=O) groups excluding carboxylic acids is 1. The third-order valence-electron chi connectivity index (χ3n) is 6.30. The fourth-order valence-corrected chi connectivity index (χ4v) is 5.12. The van der Waals surface area contributed by atoms with Gasteiger partial charge in [-0.1, -0.05) is 46.3 Å². The van der Waals surface area contributed by atoms with E-state index in [9.17, 15) is 13.2 Å². The summed E-state index contributed by atoms with van der Waals surface area (Å²) in [4.78, 5) is 14.6. The molecule has 3 heterocycles. The Hall–Kier alpha value is -2.30. The van der Waals surface area contributed by atoms with E-state index in [0.717, 1.165) is 64.7 Å². The van der Waals surface area contributed by atoms with Crippen molar-refractivity contribution in [1.82, 2.24) is 4.90 Å². The lowest BCUT2D eigenvalue weighted by Crippen LogP contribution is -2.68. The summed E-state index contributed by atoms with van der Waals surface area (Å²) in [6, 6.07) is 19.6. The van der Waals surface area contributed by atoms with E-state index in [1.165, 1.54) is 12.1 Å². The fourth-order valence-electron chi connectivity index (χ4n) is 4.33. The number of fused-ring (bicyclic) bond motifs is 4. The number of hydrogen-bond acceptors (Lipinski definition) is 4. The van der Waals surface area contributed by atoms with Crippen molar-refractivity contribution in [3.05, 3.63) is 71.2 Å². The molecule has 0 spiro atoms. The van der Waals surface area contributed by atoms with Crippen LogP contribution in [0.15, 0.2) is 76.1 Å². The minimum absolute atomic E-state index is 0.0730. The van der Waals surface area contributed by atoms with Crippen LogP contribution in [0.2, 0.25) is 0 Å². The molecule has 0 saturated carbocycles. The van der Waals surface area contributed by atoms with Gasteiger partial charge in [0.25, 0.3) is 16.0 Å². The average Bonchev–Trinajstić information content (AvgIpc) is 2.81. The molecule has 0 unspecified atom stereocenters. The standard InChI is InChI=1S/C14H18BrN3O.C10H8O3S/c15-12-1-3-13(4-2-12)16-14(19)11-18-8-5-17(6-9-18)7-10-18;11-14(12,13)10-6-5-8-3-1-2-4-9(8)7-10/h1-4H,5-11H2;1-7H,(H,11,12,13)/p+1. The highest BCUT2D eigenvalue weighted by molar-refractivity contribution is 9.10. The molecule has 3 fully saturated rings.